The number of rotatable bonds is 8. The van der Waals surface area contributed by atoms with Crippen LogP contribution in [0.15, 0.2) is 78.0 Å². The first-order chi connectivity index (χ1) is 16.8. The fraction of sp³-hybridized carbons (Fsp3) is 0.192. The van der Waals surface area contributed by atoms with Crippen LogP contribution in [-0.2, 0) is 10.5 Å². The maximum atomic E-state index is 12.9. The van der Waals surface area contributed by atoms with E-state index in [0.29, 0.717) is 32.5 Å². The van der Waals surface area contributed by atoms with Crippen molar-refractivity contribution < 1.29 is 4.79 Å². The molecule has 4 rings (SSSR count). The Morgan fingerprint density at radius 2 is 1.74 bits per heavy atom. The van der Waals surface area contributed by atoms with Crippen molar-refractivity contribution in [3.63, 3.8) is 0 Å². The predicted octanol–water partition coefficient (Wildman–Crippen LogP) is 7.33. The molecule has 0 radical (unpaired) electrons. The molecule has 5 nitrogen and oxygen atoms in total. The minimum Gasteiger partial charge on any atom is -0.345 e. The first kappa shape index (κ1) is 25.6. The number of benzene rings is 3. The number of carbonyl (C=O) groups is 1. The number of thioether (sulfide) groups is 1. The van der Waals surface area contributed by atoms with Gasteiger partial charge >= 0.3 is 0 Å². The summed E-state index contributed by atoms with van der Waals surface area (Å²) in [7, 11) is 0. The fourth-order valence-electron chi connectivity index (χ4n) is 3.58. The van der Waals surface area contributed by atoms with E-state index in [2.05, 4.69) is 34.6 Å². The summed E-state index contributed by atoms with van der Waals surface area (Å²) in [6.07, 6.45) is 0. The number of carbonyl (C=O) groups excluding carboxylic acids is 1. The molecule has 2 unspecified atom stereocenters. The summed E-state index contributed by atoms with van der Waals surface area (Å²) in [5, 5.41) is 12.6. The molecule has 0 saturated carbocycles. The van der Waals surface area contributed by atoms with Crippen LogP contribution in [0.1, 0.15) is 40.9 Å². The average molecular weight is 546 g/mol. The van der Waals surface area contributed by atoms with Crippen molar-refractivity contribution in [2.24, 2.45) is 0 Å². The summed E-state index contributed by atoms with van der Waals surface area (Å²) < 4.78 is 1.86. The highest BCUT2D eigenvalue weighted by atomic mass is 35.5. The molecule has 1 heterocycles. The van der Waals surface area contributed by atoms with Crippen molar-refractivity contribution in [3.05, 3.63) is 105 Å². The Morgan fingerprint density at radius 1 is 1.03 bits per heavy atom. The van der Waals surface area contributed by atoms with Gasteiger partial charge in [-0.05, 0) is 48.7 Å². The molecule has 2 atom stereocenters. The molecule has 0 spiro atoms. The normalized spacial score (nSPS) is 12.8. The van der Waals surface area contributed by atoms with Gasteiger partial charge in [0.25, 0.3) is 0 Å². The van der Waals surface area contributed by atoms with Gasteiger partial charge in [-0.15, -0.1) is 21.8 Å². The number of alkyl halides is 1. The Morgan fingerprint density at radius 3 is 2.46 bits per heavy atom. The van der Waals surface area contributed by atoms with Gasteiger partial charge in [0, 0.05) is 10.8 Å². The predicted molar refractivity (Wildman–Crippen MR) is 144 cm³/mol. The number of hydrogen-bond donors (Lipinski definition) is 1. The molecule has 180 valence electrons. The maximum absolute atomic E-state index is 12.9. The molecule has 9 heteroatoms. The number of amides is 1. The van der Waals surface area contributed by atoms with Crippen LogP contribution in [0.25, 0.3) is 5.69 Å². The van der Waals surface area contributed by atoms with Crippen molar-refractivity contribution >= 4 is 52.5 Å². The number of aryl methyl sites for hydroxylation is 1. The minimum atomic E-state index is -0.830. The molecule has 1 amide bonds. The Kier molecular flexibility index (Phi) is 8.39. The van der Waals surface area contributed by atoms with Crippen molar-refractivity contribution in [2.75, 3.05) is 0 Å². The second-order valence-electron chi connectivity index (χ2n) is 7.99. The second kappa shape index (κ2) is 11.5. The number of nitrogens with zero attached hydrogens (tertiary/aromatic N) is 3. The van der Waals surface area contributed by atoms with Gasteiger partial charge in [0.05, 0.1) is 16.8 Å². The molecule has 0 fully saturated rings. The van der Waals surface area contributed by atoms with Crippen LogP contribution in [0, 0.1) is 6.92 Å². The quantitative estimate of drug-likeness (QED) is 0.186. The molecule has 0 aliphatic carbocycles. The van der Waals surface area contributed by atoms with Gasteiger partial charge in [-0.2, -0.15) is 0 Å². The highest BCUT2D eigenvalue weighted by Gasteiger charge is 2.25. The zero-order valence-electron chi connectivity index (χ0n) is 19.1. The highest BCUT2D eigenvalue weighted by molar-refractivity contribution is 7.98. The monoisotopic (exact) mass is 544 g/mol. The van der Waals surface area contributed by atoms with Crippen LogP contribution in [-0.4, -0.2) is 20.7 Å². The van der Waals surface area contributed by atoms with E-state index in [1.54, 1.807) is 23.9 Å². The van der Waals surface area contributed by atoms with Crippen LogP contribution in [0.4, 0.5) is 0 Å². The summed E-state index contributed by atoms with van der Waals surface area (Å²) in [6.45, 7) is 3.92. The summed E-state index contributed by atoms with van der Waals surface area (Å²) in [5.74, 6) is 0.914. The van der Waals surface area contributed by atoms with E-state index in [1.165, 1.54) is 11.1 Å². The van der Waals surface area contributed by atoms with Gasteiger partial charge in [0.2, 0.25) is 5.91 Å². The van der Waals surface area contributed by atoms with E-state index < -0.39 is 11.4 Å². The Bertz CT molecular complexity index is 1330. The zero-order valence-corrected chi connectivity index (χ0v) is 22.2. The third-order valence-corrected chi connectivity index (χ3v) is 7.46. The molecule has 0 bridgehead atoms. The highest BCUT2D eigenvalue weighted by Crippen LogP contribution is 2.33. The largest absolute Gasteiger partial charge is 0.345 e. The molecule has 3 aromatic carbocycles. The maximum Gasteiger partial charge on any atom is 0.243 e. The lowest BCUT2D eigenvalue weighted by atomic mass is 10.1. The first-order valence-corrected chi connectivity index (χ1v) is 13.1. The second-order valence-corrected chi connectivity index (χ2v) is 10.2. The molecule has 1 aromatic heterocycles. The Labute approximate surface area is 223 Å². The third kappa shape index (κ3) is 6.01. The molecule has 0 saturated heterocycles. The number of aromatic nitrogens is 3. The molecule has 35 heavy (non-hydrogen) atoms. The topological polar surface area (TPSA) is 59.8 Å². The van der Waals surface area contributed by atoms with Crippen molar-refractivity contribution in [2.45, 2.75) is 36.2 Å². The molecule has 0 aliphatic rings. The lowest BCUT2D eigenvalue weighted by Crippen LogP contribution is -2.31. The van der Waals surface area contributed by atoms with Gasteiger partial charge in [0.15, 0.2) is 11.0 Å². The van der Waals surface area contributed by atoms with E-state index in [-0.39, 0.29) is 5.91 Å². The van der Waals surface area contributed by atoms with Crippen molar-refractivity contribution in [1.29, 1.82) is 0 Å². The van der Waals surface area contributed by atoms with Crippen molar-refractivity contribution in [3.8, 4) is 5.69 Å². The van der Waals surface area contributed by atoms with Crippen LogP contribution in [0.5, 0.6) is 0 Å². The lowest BCUT2D eigenvalue weighted by Gasteiger charge is -2.19. The van der Waals surface area contributed by atoms with E-state index in [1.807, 2.05) is 60.0 Å². The minimum absolute atomic E-state index is 0.323. The molecule has 1 N–H and O–H groups in total. The molecular weight excluding hydrogens is 523 g/mol. The Hall–Kier alpha value is -2.51. The van der Waals surface area contributed by atoms with Crippen LogP contribution < -0.4 is 5.32 Å². The number of halogens is 3. The van der Waals surface area contributed by atoms with E-state index >= 15 is 0 Å². The standard InChI is InChI=1S/C26H23Cl3N4OS/c1-16-8-6-7-11-19(16)15-35-26-32-31-24(33(26)22-13-12-20(27)14-21(22)28)17(2)30-25(34)23(29)18-9-4-3-5-10-18/h3-14,17,23H,15H2,1-2H3,(H,30,34). The van der Waals surface area contributed by atoms with Gasteiger partial charge in [0.1, 0.15) is 5.38 Å². The van der Waals surface area contributed by atoms with E-state index in [0.717, 1.165) is 5.56 Å². The summed E-state index contributed by atoms with van der Waals surface area (Å²) in [5.41, 5.74) is 3.79. The fourth-order valence-corrected chi connectivity index (χ4v) is 5.31. The third-order valence-electron chi connectivity index (χ3n) is 5.50. The van der Waals surface area contributed by atoms with Gasteiger partial charge in [-0.25, -0.2) is 0 Å². The van der Waals surface area contributed by atoms with E-state index in [4.69, 9.17) is 34.8 Å². The van der Waals surface area contributed by atoms with Gasteiger partial charge in [-0.3, -0.25) is 9.36 Å². The van der Waals surface area contributed by atoms with Gasteiger partial charge in [-0.1, -0.05) is 89.6 Å². The van der Waals surface area contributed by atoms with Gasteiger partial charge < -0.3 is 5.32 Å². The smallest absolute Gasteiger partial charge is 0.243 e. The average Bonchev–Trinajstić information content (AvgIpc) is 3.27. The van der Waals surface area contributed by atoms with Crippen molar-refractivity contribution in [1.82, 2.24) is 20.1 Å². The summed E-state index contributed by atoms with van der Waals surface area (Å²) >= 11 is 20.7. The molecular formula is C26H23Cl3N4OS. The summed E-state index contributed by atoms with van der Waals surface area (Å²) in [4.78, 5) is 12.9. The SMILES string of the molecule is Cc1ccccc1CSc1nnc(C(C)NC(=O)C(Cl)c2ccccc2)n1-c1ccc(Cl)cc1Cl. The zero-order chi connectivity index (χ0) is 24.9. The molecule has 0 aliphatic heterocycles. The number of nitrogens with one attached hydrogen (secondary N) is 1. The lowest BCUT2D eigenvalue weighted by molar-refractivity contribution is -0.121. The summed E-state index contributed by atoms with van der Waals surface area (Å²) in [6, 6.07) is 22.2. The first-order valence-electron chi connectivity index (χ1n) is 10.9. The van der Waals surface area contributed by atoms with E-state index in [9.17, 15) is 4.79 Å². The Balaban J connectivity index is 1.64. The number of hydrogen-bond acceptors (Lipinski definition) is 4. The molecule has 4 aromatic rings. The van der Waals surface area contributed by atoms with Crippen LogP contribution in [0.2, 0.25) is 10.0 Å². The van der Waals surface area contributed by atoms with Crippen LogP contribution in [0.3, 0.4) is 0 Å². The van der Waals surface area contributed by atoms with Crippen LogP contribution >= 0.6 is 46.6 Å².